The summed E-state index contributed by atoms with van der Waals surface area (Å²) in [5, 5.41) is 2.73. The Morgan fingerprint density at radius 2 is 1.53 bits per heavy atom. The molecule has 0 bridgehead atoms. The van der Waals surface area contributed by atoms with Gasteiger partial charge in [0.25, 0.3) is 0 Å². The topological polar surface area (TPSA) is 84.9 Å². The molecule has 0 aromatic heterocycles. The minimum atomic E-state index is -3.76. The Labute approximate surface area is 201 Å². The summed E-state index contributed by atoms with van der Waals surface area (Å²) in [6, 6.07) is 23.5. The van der Waals surface area contributed by atoms with Crippen LogP contribution in [0.25, 0.3) is 0 Å². The summed E-state index contributed by atoms with van der Waals surface area (Å²) in [7, 11) is -3.76. The number of amides is 1. The molecule has 0 radical (unpaired) electrons. The predicted octanol–water partition coefficient (Wildman–Crippen LogP) is 4.56. The Kier molecular flexibility index (Phi) is 8.54. The first kappa shape index (κ1) is 25.1. The largest absolute Gasteiger partial charge is 0.491 e. The number of ether oxygens (including phenoxy) is 2. The van der Waals surface area contributed by atoms with Crippen LogP contribution < -0.4 is 19.1 Å². The number of nitrogens with zero attached hydrogens (tertiary/aromatic N) is 1. The van der Waals surface area contributed by atoms with Gasteiger partial charge in [-0.2, -0.15) is 0 Å². The van der Waals surface area contributed by atoms with E-state index in [1.807, 2.05) is 42.5 Å². The molecule has 0 aliphatic carbocycles. The zero-order valence-electron chi connectivity index (χ0n) is 19.6. The number of carbonyl (C=O) groups is 1. The van der Waals surface area contributed by atoms with E-state index in [1.165, 1.54) is 0 Å². The van der Waals surface area contributed by atoms with Crippen LogP contribution in [-0.4, -0.2) is 40.3 Å². The summed E-state index contributed by atoms with van der Waals surface area (Å²) in [5.74, 6) is 1.54. The first-order valence-corrected chi connectivity index (χ1v) is 12.9. The molecule has 0 unspecified atom stereocenters. The quantitative estimate of drug-likeness (QED) is 0.405. The Balaban J connectivity index is 1.65. The summed E-state index contributed by atoms with van der Waals surface area (Å²) in [5.41, 5.74) is 1.37. The number of hydrogen-bond donors (Lipinski definition) is 1. The average Bonchev–Trinajstić information content (AvgIpc) is 2.81. The van der Waals surface area contributed by atoms with Crippen LogP contribution in [0.2, 0.25) is 0 Å². The summed E-state index contributed by atoms with van der Waals surface area (Å²) in [4.78, 5) is 12.6. The molecule has 3 aromatic rings. The maximum absolute atomic E-state index is 12.6. The van der Waals surface area contributed by atoms with Gasteiger partial charge < -0.3 is 14.8 Å². The molecule has 0 saturated carbocycles. The van der Waals surface area contributed by atoms with Crippen molar-refractivity contribution in [1.82, 2.24) is 5.32 Å². The monoisotopic (exact) mass is 482 g/mol. The summed E-state index contributed by atoms with van der Waals surface area (Å²) >= 11 is 0. The highest BCUT2D eigenvalue weighted by molar-refractivity contribution is 7.92. The highest BCUT2D eigenvalue weighted by Crippen LogP contribution is 2.33. The molecule has 3 aromatic carbocycles. The third kappa shape index (κ3) is 6.99. The normalized spacial score (nSPS) is 11.2. The van der Waals surface area contributed by atoms with Gasteiger partial charge in [0.2, 0.25) is 15.9 Å². The predicted molar refractivity (Wildman–Crippen MR) is 134 cm³/mol. The van der Waals surface area contributed by atoms with Crippen molar-refractivity contribution in [2.75, 3.05) is 30.3 Å². The lowest BCUT2D eigenvalue weighted by Gasteiger charge is -2.24. The van der Waals surface area contributed by atoms with Crippen molar-refractivity contribution in [3.63, 3.8) is 0 Å². The lowest BCUT2D eigenvalue weighted by Crippen LogP contribution is -2.41. The van der Waals surface area contributed by atoms with Crippen LogP contribution in [0.15, 0.2) is 78.9 Å². The van der Waals surface area contributed by atoms with Crippen LogP contribution in [0.1, 0.15) is 25.3 Å². The third-order valence-electron chi connectivity index (χ3n) is 5.02. The van der Waals surface area contributed by atoms with Crippen LogP contribution in [0.4, 0.5) is 5.69 Å². The molecular weight excluding hydrogens is 452 g/mol. The van der Waals surface area contributed by atoms with Gasteiger partial charge in [-0.05, 0) is 41.8 Å². The van der Waals surface area contributed by atoms with Gasteiger partial charge in [0.05, 0.1) is 18.5 Å². The van der Waals surface area contributed by atoms with E-state index in [2.05, 4.69) is 19.2 Å². The number of sulfonamides is 1. The standard InChI is InChI=1S/C26H30N2O5S/c1-20(2)22-13-7-9-15-24(22)32-18-17-27-26(29)19-28(34(3,30)31)23-14-8-10-16-25(23)33-21-11-5-4-6-12-21/h4-16,20H,17-19H2,1-3H3,(H,27,29). The van der Waals surface area contributed by atoms with E-state index in [-0.39, 0.29) is 25.4 Å². The fraction of sp³-hybridized carbons (Fsp3) is 0.269. The van der Waals surface area contributed by atoms with Gasteiger partial charge in [-0.3, -0.25) is 9.10 Å². The number of hydrogen-bond acceptors (Lipinski definition) is 5. The van der Waals surface area contributed by atoms with Crippen molar-refractivity contribution in [2.24, 2.45) is 0 Å². The number of rotatable bonds is 11. The SMILES string of the molecule is CC(C)c1ccccc1OCCNC(=O)CN(c1ccccc1Oc1ccccc1)S(C)(=O)=O. The molecule has 34 heavy (non-hydrogen) atoms. The molecule has 180 valence electrons. The second kappa shape index (κ2) is 11.6. The molecule has 0 heterocycles. The molecule has 0 fully saturated rings. The Hall–Kier alpha value is -3.52. The smallest absolute Gasteiger partial charge is 0.240 e. The molecule has 8 heteroatoms. The van der Waals surface area contributed by atoms with E-state index in [0.29, 0.717) is 17.4 Å². The molecule has 3 rings (SSSR count). The minimum absolute atomic E-state index is 0.241. The molecule has 0 aliphatic heterocycles. The van der Waals surface area contributed by atoms with Crippen molar-refractivity contribution in [1.29, 1.82) is 0 Å². The first-order chi connectivity index (χ1) is 16.3. The van der Waals surface area contributed by atoms with Crippen LogP contribution in [-0.2, 0) is 14.8 Å². The van der Waals surface area contributed by atoms with Gasteiger partial charge in [-0.15, -0.1) is 0 Å². The van der Waals surface area contributed by atoms with E-state index >= 15 is 0 Å². The Morgan fingerprint density at radius 1 is 0.912 bits per heavy atom. The number of carbonyl (C=O) groups excluding carboxylic acids is 1. The zero-order chi connectivity index (χ0) is 24.6. The summed E-state index contributed by atoms with van der Waals surface area (Å²) in [6.45, 7) is 4.30. The van der Waals surface area contributed by atoms with E-state index in [1.54, 1.807) is 36.4 Å². The molecule has 0 saturated heterocycles. The maximum atomic E-state index is 12.6. The van der Waals surface area contributed by atoms with Gasteiger partial charge in [0, 0.05) is 0 Å². The molecule has 7 nitrogen and oxygen atoms in total. The molecule has 0 spiro atoms. The van der Waals surface area contributed by atoms with Crippen LogP contribution in [0.5, 0.6) is 17.2 Å². The number of benzene rings is 3. The van der Waals surface area contributed by atoms with Crippen LogP contribution >= 0.6 is 0 Å². The summed E-state index contributed by atoms with van der Waals surface area (Å²) < 4.78 is 37.9. The van der Waals surface area contributed by atoms with Gasteiger partial charge in [-0.25, -0.2) is 8.42 Å². The van der Waals surface area contributed by atoms with Crippen molar-refractivity contribution in [2.45, 2.75) is 19.8 Å². The lowest BCUT2D eigenvalue weighted by atomic mass is 10.0. The minimum Gasteiger partial charge on any atom is -0.491 e. The van der Waals surface area contributed by atoms with E-state index in [0.717, 1.165) is 21.9 Å². The molecule has 1 amide bonds. The van der Waals surface area contributed by atoms with Gasteiger partial charge in [0.15, 0.2) is 5.75 Å². The molecule has 0 atom stereocenters. The second-order valence-corrected chi connectivity index (χ2v) is 9.95. The maximum Gasteiger partial charge on any atom is 0.240 e. The first-order valence-electron chi connectivity index (χ1n) is 11.0. The van der Waals surface area contributed by atoms with E-state index < -0.39 is 15.9 Å². The van der Waals surface area contributed by atoms with Crippen molar-refractivity contribution in [3.8, 4) is 17.2 Å². The van der Waals surface area contributed by atoms with Crippen LogP contribution in [0.3, 0.4) is 0 Å². The van der Waals surface area contributed by atoms with Crippen LogP contribution in [0, 0.1) is 0 Å². The van der Waals surface area contributed by atoms with E-state index in [9.17, 15) is 13.2 Å². The van der Waals surface area contributed by atoms with Crippen molar-refractivity contribution in [3.05, 3.63) is 84.4 Å². The van der Waals surface area contributed by atoms with Gasteiger partial charge in [-0.1, -0.05) is 62.4 Å². The number of anilines is 1. The second-order valence-electron chi connectivity index (χ2n) is 8.04. The third-order valence-corrected chi connectivity index (χ3v) is 6.14. The number of para-hydroxylation sites is 4. The average molecular weight is 483 g/mol. The fourth-order valence-electron chi connectivity index (χ4n) is 3.37. The number of nitrogens with one attached hydrogen (secondary N) is 1. The highest BCUT2D eigenvalue weighted by Gasteiger charge is 2.24. The Bertz CT molecular complexity index is 1200. The van der Waals surface area contributed by atoms with Gasteiger partial charge in [0.1, 0.15) is 24.7 Å². The van der Waals surface area contributed by atoms with Crippen molar-refractivity contribution < 1.29 is 22.7 Å². The highest BCUT2D eigenvalue weighted by atomic mass is 32.2. The van der Waals surface area contributed by atoms with Gasteiger partial charge >= 0.3 is 0 Å². The molecule has 1 N–H and O–H groups in total. The lowest BCUT2D eigenvalue weighted by molar-refractivity contribution is -0.119. The zero-order valence-corrected chi connectivity index (χ0v) is 20.4. The molecule has 0 aliphatic rings. The fourth-order valence-corrected chi connectivity index (χ4v) is 4.23. The van der Waals surface area contributed by atoms with E-state index in [4.69, 9.17) is 9.47 Å². The van der Waals surface area contributed by atoms with Crippen molar-refractivity contribution >= 4 is 21.6 Å². The Morgan fingerprint density at radius 3 is 2.21 bits per heavy atom. The summed E-state index contributed by atoms with van der Waals surface area (Å²) in [6.07, 6.45) is 1.06. The molecular formula is C26H30N2O5S.